The van der Waals surface area contributed by atoms with Crippen molar-refractivity contribution in [2.75, 3.05) is 6.61 Å². The van der Waals surface area contributed by atoms with Crippen molar-refractivity contribution in [1.29, 1.82) is 0 Å². The SMILES string of the molecule is O=C(C1CC1)N1[C@H]2CC[C@H](C2)[C@@H]1COc1ccc(F)cc1. The summed E-state index contributed by atoms with van der Waals surface area (Å²) in [5.74, 6) is 1.62. The summed E-state index contributed by atoms with van der Waals surface area (Å²) in [6, 6.07) is 6.75. The van der Waals surface area contributed by atoms with Gasteiger partial charge in [-0.1, -0.05) is 0 Å². The van der Waals surface area contributed by atoms with E-state index in [1.165, 1.54) is 18.6 Å². The second-order valence-corrected chi connectivity index (χ2v) is 6.58. The Labute approximate surface area is 124 Å². The first-order valence-electron chi connectivity index (χ1n) is 7.93. The third kappa shape index (κ3) is 2.41. The number of nitrogens with zero attached hydrogens (tertiary/aromatic N) is 1. The summed E-state index contributed by atoms with van der Waals surface area (Å²) < 4.78 is 18.7. The van der Waals surface area contributed by atoms with Crippen LogP contribution in [0.1, 0.15) is 32.1 Å². The minimum Gasteiger partial charge on any atom is -0.491 e. The van der Waals surface area contributed by atoms with Gasteiger partial charge in [0.1, 0.15) is 18.2 Å². The summed E-state index contributed by atoms with van der Waals surface area (Å²) in [6.07, 6.45) is 5.60. The van der Waals surface area contributed by atoms with Crippen molar-refractivity contribution >= 4 is 5.91 Å². The van der Waals surface area contributed by atoms with E-state index in [1.807, 2.05) is 0 Å². The Hall–Kier alpha value is -1.58. The molecular weight excluding hydrogens is 269 g/mol. The quantitative estimate of drug-likeness (QED) is 0.853. The van der Waals surface area contributed by atoms with Crippen molar-refractivity contribution < 1.29 is 13.9 Å². The Morgan fingerprint density at radius 2 is 1.95 bits per heavy atom. The van der Waals surface area contributed by atoms with E-state index >= 15 is 0 Å². The lowest BCUT2D eigenvalue weighted by Gasteiger charge is -2.35. The first-order chi connectivity index (χ1) is 10.2. The molecule has 4 heteroatoms. The van der Waals surface area contributed by atoms with Gasteiger partial charge in [-0.15, -0.1) is 0 Å². The molecule has 0 unspecified atom stereocenters. The highest BCUT2D eigenvalue weighted by molar-refractivity contribution is 5.82. The minimum atomic E-state index is -0.257. The maximum Gasteiger partial charge on any atom is 0.226 e. The molecular formula is C17H20FNO2. The predicted molar refractivity (Wildman–Crippen MR) is 76.4 cm³/mol. The molecule has 3 fully saturated rings. The first kappa shape index (κ1) is 13.1. The van der Waals surface area contributed by atoms with E-state index in [0.717, 1.165) is 25.7 Å². The zero-order valence-electron chi connectivity index (χ0n) is 12.0. The van der Waals surface area contributed by atoms with Crippen LogP contribution >= 0.6 is 0 Å². The summed E-state index contributed by atoms with van der Waals surface area (Å²) in [5, 5.41) is 0. The molecule has 3 atom stereocenters. The normalized spacial score (nSPS) is 30.7. The molecule has 0 radical (unpaired) electrons. The number of rotatable bonds is 4. The third-order valence-corrected chi connectivity index (χ3v) is 5.16. The number of ether oxygens (including phenoxy) is 1. The number of benzene rings is 1. The molecule has 1 saturated heterocycles. The number of amides is 1. The number of carbonyl (C=O) groups excluding carboxylic acids is 1. The van der Waals surface area contributed by atoms with Crippen LogP contribution in [0.25, 0.3) is 0 Å². The van der Waals surface area contributed by atoms with E-state index in [-0.39, 0.29) is 17.8 Å². The number of hydrogen-bond acceptors (Lipinski definition) is 2. The molecule has 2 saturated carbocycles. The van der Waals surface area contributed by atoms with Gasteiger partial charge in [-0.2, -0.15) is 0 Å². The molecule has 0 N–H and O–H groups in total. The lowest BCUT2D eigenvalue weighted by Crippen LogP contribution is -2.48. The fourth-order valence-electron chi connectivity index (χ4n) is 3.90. The second-order valence-electron chi connectivity index (χ2n) is 6.58. The molecule has 1 aliphatic heterocycles. The van der Waals surface area contributed by atoms with Crippen molar-refractivity contribution in [3.63, 3.8) is 0 Å². The van der Waals surface area contributed by atoms with Crippen LogP contribution in [0.4, 0.5) is 4.39 Å². The third-order valence-electron chi connectivity index (χ3n) is 5.16. The molecule has 3 nitrogen and oxygen atoms in total. The van der Waals surface area contributed by atoms with Crippen LogP contribution in [0.2, 0.25) is 0 Å². The van der Waals surface area contributed by atoms with Crippen LogP contribution in [0.15, 0.2) is 24.3 Å². The van der Waals surface area contributed by atoms with Crippen LogP contribution in [-0.4, -0.2) is 29.5 Å². The molecule has 3 aliphatic rings. The van der Waals surface area contributed by atoms with E-state index in [9.17, 15) is 9.18 Å². The zero-order valence-corrected chi connectivity index (χ0v) is 12.0. The van der Waals surface area contributed by atoms with Crippen molar-refractivity contribution in [2.24, 2.45) is 11.8 Å². The number of carbonyl (C=O) groups is 1. The highest BCUT2D eigenvalue weighted by Gasteiger charge is 2.50. The van der Waals surface area contributed by atoms with Crippen LogP contribution in [0, 0.1) is 17.7 Å². The zero-order chi connectivity index (χ0) is 14.4. The van der Waals surface area contributed by atoms with Crippen molar-refractivity contribution in [1.82, 2.24) is 4.90 Å². The largest absolute Gasteiger partial charge is 0.491 e. The summed E-state index contributed by atoms with van der Waals surface area (Å²) in [4.78, 5) is 14.6. The molecule has 4 rings (SSSR count). The van der Waals surface area contributed by atoms with E-state index in [2.05, 4.69) is 4.90 Å². The standard InChI is InChI=1S/C17H20FNO2/c18-13-4-7-15(8-5-13)21-10-16-12-3-6-14(9-12)19(16)17(20)11-1-2-11/h4-5,7-8,11-12,14,16H,1-3,6,9-10H2/t12-,14+,16+/m1/s1. The Balaban J connectivity index is 1.44. The lowest BCUT2D eigenvalue weighted by molar-refractivity contribution is -0.137. The molecule has 0 spiro atoms. The monoisotopic (exact) mass is 289 g/mol. The molecule has 1 aromatic carbocycles. The maximum absolute atomic E-state index is 12.9. The Morgan fingerprint density at radius 1 is 1.19 bits per heavy atom. The van der Waals surface area contributed by atoms with Crippen LogP contribution in [0.5, 0.6) is 5.75 Å². The summed E-state index contributed by atoms with van der Waals surface area (Å²) in [6.45, 7) is 0.533. The van der Waals surface area contributed by atoms with E-state index < -0.39 is 0 Å². The summed E-state index contributed by atoms with van der Waals surface area (Å²) in [5.41, 5.74) is 0. The van der Waals surface area contributed by atoms with Gasteiger partial charge >= 0.3 is 0 Å². The smallest absolute Gasteiger partial charge is 0.226 e. The highest BCUT2D eigenvalue weighted by atomic mass is 19.1. The van der Waals surface area contributed by atoms with Gasteiger partial charge in [0.2, 0.25) is 5.91 Å². The molecule has 21 heavy (non-hydrogen) atoms. The molecule has 1 amide bonds. The van der Waals surface area contributed by atoms with Crippen molar-refractivity contribution in [3.05, 3.63) is 30.1 Å². The van der Waals surface area contributed by atoms with Crippen LogP contribution in [0.3, 0.4) is 0 Å². The maximum atomic E-state index is 12.9. The number of halogens is 1. The van der Waals surface area contributed by atoms with Gasteiger partial charge in [-0.25, -0.2) is 4.39 Å². The number of piperidine rings is 1. The highest BCUT2D eigenvalue weighted by Crippen LogP contribution is 2.45. The predicted octanol–water partition coefficient (Wildman–Crippen LogP) is 2.99. The van der Waals surface area contributed by atoms with Gasteiger partial charge in [0.15, 0.2) is 0 Å². The lowest BCUT2D eigenvalue weighted by atomic mass is 9.99. The van der Waals surface area contributed by atoms with E-state index in [4.69, 9.17) is 4.74 Å². The number of likely N-dealkylation sites (tertiary alicyclic amines) is 1. The van der Waals surface area contributed by atoms with Gasteiger partial charge in [-0.05, 0) is 62.3 Å². The summed E-state index contributed by atoms with van der Waals surface area (Å²) >= 11 is 0. The van der Waals surface area contributed by atoms with Gasteiger partial charge in [0.25, 0.3) is 0 Å². The van der Waals surface area contributed by atoms with Crippen molar-refractivity contribution in [2.45, 2.75) is 44.2 Å². The molecule has 0 aromatic heterocycles. The Kier molecular flexibility index (Phi) is 3.12. The molecule has 2 aliphatic carbocycles. The number of hydrogen-bond donors (Lipinski definition) is 0. The topological polar surface area (TPSA) is 29.5 Å². The van der Waals surface area contributed by atoms with Crippen molar-refractivity contribution in [3.8, 4) is 5.75 Å². The second kappa shape index (κ2) is 5.00. The van der Waals surface area contributed by atoms with Gasteiger partial charge in [-0.3, -0.25) is 4.79 Å². The average Bonchev–Trinajstić information content (AvgIpc) is 3.16. The number of fused-ring (bicyclic) bond motifs is 2. The van der Waals surface area contributed by atoms with Gasteiger partial charge in [0, 0.05) is 12.0 Å². The fourth-order valence-corrected chi connectivity index (χ4v) is 3.90. The molecule has 112 valence electrons. The Morgan fingerprint density at radius 3 is 2.67 bits per heavy atom. The van der Waals surface area contributed by atoms with E-state index in [1.54, 1.807) is 12.1 Å². The van der Waals surface area contributed by atoms with Gasteiger partial charge in [0.05, 0.1) is 6.04 Å². The molecule has 2 bridgehead atoms. The summed E-state index contributed by atoms with van der Waals surface area (Å²) in [7, 11) is 0. The molecule has 1 heterocycles. The van der Waals surface area contributed by atoms with Crippen LogP contribution < -0.4 is 4.74 Å². The Bertz CT molecular complexity index is 540. The van der Waals surface area contributed by atoms with E-state index in [0.29, 0.717) is 30.2 Å². The minimum absolute atomic E-state index is 0.210. The molecule has 1 aromatic rings. The fraction of sp³-hybridized carbons (Fsp3) is 0.588. The first-order valence-corrected chi connectivity index (χ1v) is 7.93. The van der Waals surface area contributed by atoms with Crippen LogP contribution in [-0.2, 0) is 4.79 Å². The average molecular weight is 289 g/mol. The van der Waals surface area contributed by atoms with Gasteiger partial charge < -0.3 is 9.64 Å².